The summed E-state index contributed by atoms with van der Waals surface area (Å²) in [5.74, 6) is 0.592. The first kappa shape index (κ1) is 24.0. The standard InChI is InChI=1S/C25H34N2O2S/c1-19-11-13-22(14-12-19)30-18-16-23(28)27(17-15-21-9-7-6-8-10-21)20(2)24(29)26-25(3,4)5/h6-14,20H,15-18H2,1-5H3,(H,26,29). The van der Waals surface area contributed by atoms with Gasteiger partial charge in [-0.1, -0.05) is 48.0 Å². The van der Waals surface area contributed by atoms with Gasteiger partial charge >= 0.3 is 0 Å². The molecule has 1 N–H and O–H groups in total. The van der Waals surface area contributed by atoms with Crippen molar-refractivity contribution in [3.8, 4) is 0 Å². The molecule has 2 aromatic rings. The Bertz CT molecular complexity index is 813. The van der Waals surface area contributed by atoms with E-state index in [-0.39, 0.29) is 17.4 Å². The number of hydrogen-bond acceptors (Lipinski definition) is 3. The second-order valence-corrected chi connectivity index (χ2v) is 9.82. The molecule has 0 aromatic heterocycles. The molecule has 1 unspecified atom stereocenters. The van der Waals surface area contributed by atoms with Gasteiger partial charge in [-0.25, -0.2) is 0 Å². The molecule has 2 rings (SSSR count). The van der Waals surface area contributed by atoms with Crippen molar-refractivity contribution in [3.05, 3.63) is 65.7 Å². The predicted molar refractivity (Wildman–Crippen MR) is 126 cm³/mol. The number of amides is 2. The van der Waals surface area contributed by atoms with Crippen molar-refractivity contribution in [1.29, 1.82) is 0 Å². The molecule has 30 heavy (non-hydrogen) atoms. The second-order valence-electron chi connectivity index (χ2n) is 8.65. The molecule has 1 atom stereocenters. The smallest absolute Gasteiger partial charge is 0.242 e. The molecule has 162 valence electrons. The molecule has 0 bridgehead atoms. The molecule has 0 aliphatic heterocycles. The molecule has 0 spiro atoms. The third-order valence-electron chi connectivity index (χ3n) is 4.76. The molecule has 2 amide bonds. The van der Waals surface area contributed by atoms with Crippen LogP contribution in [-0.4, -0.2) is 40.6 Å². The Labute approximate surface area is 185 Å². The third-order valence-corrected chi connectivity index (χ3v) is 5.77. The van der Waals surface area contributed by atoms with Gasteiger partial charge in [0, 0.05) is 29.2 Å². The van der Waals surface area contributed by atoms with Crippen LogP contribution in [0.4, 0.5) is 0 Å². The molecular formula is C25H34N2O2S. The van der Waals surface area contributed by atoms with Crippen molar-refractivity contribution in [2.45, 2.75) is 63.9 Å². The van der Waals surface area contributed by atoms with E-state index in [2.05, 4.69) is 48.6 Å². The maximum absolute atomic E-state index is 13.1. The van der Waals surface area contributed by atoms with Crippen LogP contribution >= 0.6 is 11.8 Å². The van der Waals surface area contributed by atoms with Gasteiger partial charge in [0.15, 0.2) is 0 Å². The average molecular weight is 427 g/mol. The summed E-state index contributed by atoms with van der Waals surface area (Å²) < 4.78 is 0. The van der Waals surface area contributed by atoms with Crippen LogP contribution in [0.15, 0.2) is 59.5 Å². The van der Waals surface area contributed by atoms with E-state index in [9.17, 15) is 9.59 Å². The van der Waals surface area contributed by atoms with E-state index in [0.717, 1.165) is 16.9 Å². The number of hydrogen-bond donors (Lipinski definition) is 1. The quantitative estimate of drug-likeness (QED) is 0.583. The Morgan fingerprint density at radius 1 is 1.03 bits per heavy atom. The number of aryl methyl sites for hydroxylation is 1. The normalized spacial score (nSPS) is 12.3. The van der Waals surface area contributed by atoms with E-state index in [1.165, 1.54) is 5.56 Å². The van der Waals surface area contributed by atoms with Crippen molar-refractivity contribution in [3.63, 3.8) is 0 Å². The molecule has 2 aromatic carbocycles. The second kappa shape index (κ2) is 11.2. The number of nitrogens with zero attached hydrogens (tertiary/aromatic N) is 1. The average Bonchev–Trinajstić information content (AvgIpc) is 2.69. The maximum Gasteiger partial charge on any atom is 0.242 e. The van der Waals surface area contributed by atoms with Gasteiger partial charge in [0.05, 0.1) is 0 Å². The topological polar surface area (TPSA) is 49.4 Å². The lowest BCUT2D eigenvalue weighted by molar-refractivity contribution is -0.140. The minimum absolute atomic E-state index is 0.0158. The summed E-state index contributed by atoms with van der Waals surface area (Å²) in [5, 5.41) is 3.00. The van der Waals surface area contributed by atoms with Crippen molar-refractivity contribution in [1.82, 2.24) is 10.2 Å². The van der Waals surface area contributed by atoms with Crippen LogP contribution in [0.5, 0.6) is 0 Å². The van der Waals surface area contributed by atoms with E-state index in [1.807, 2.05) is 45.9 Å². The lowest BCUT2D eigenvalue weighted by Gasteiger charge is -2.31. The Balaban J connectivity index is 2.01. The van der Waals surface area contributed by atoms with Crippen LogP contribution in [-0.2, 0) is 16.0 Å². The molecule has 0 saturated heterocycles. The van der Waals surface area contributed by atoms with Crippen LogP contribution in [0.1, 0.15) is 45.2 Å². The molecule has 0 aliphatic carbocycles. The molecule has 0 radical (unpaired) electrons. The highest BCUT2D eigenvalue weighted by Crippen LogP contribution is 2.20. The lowest BCUT2D eigenvalue weighted by Crippen LogP contribution is -2.53. The molecule has 4 nitrogen and oxygen atoms in total. The van der Waals surface area contributed by atoms with E-state index in [4.69, 9.17) is 0 Å². The predicted octanol–water partition coefficient (Wildman–Crippen LogP) is 4.85. The monoisotopic (exact) mass is 426 g/mol. The summed E-state index contributed by atoms with van der Waals surface area (Å²) in [4.78, 5) is 28.7. The molecule has 0 heterocycles. The van der Waals surface area contributed by atoms with Gasteiger partial charge < -0.3 is 10.2 Å². The van der Waals surface area contributed by atoms with E-state index < -0.39 is 6.04 Å². The largest absolute Gasteiger partial charge is 0.350 e. The fourth-order valence-corrected chi connectivity index (χ4v) is 3.92. The summed E-state index contributed by atoms with van der Waals surface area (Å²) >= 11 is 1.67. The summed E-state index contributed by atoms with van der Waals surface area (Å²) in [6.07, 6.45) is 1.13. The highest BCUT2D eigenvalue weighted by atomic mass is 32.2. The summed E-state index contributed by atoms with van der Waals surface area (Å²) in [5.41, 5.74) is 2.05. The number of thioether (sulfide) groups is 1. The summed E-state index contributed by atoms with van der Waals surface area (Å²) in [6.45, 7) is 10.3. The van der Waals surface area contributed by atoms with Crippen LogP contribution in [0, 0.1) is 6.92 Å². The fraction of sp³-hybridized carbons (Fsp3) is 0.440. The molecule has 5 heteroatoms. The highest BCUT2D eigenvalue weighted by molar-refractivity contribution is 7.99. The van der Waals surface area contributed by atoms with Crippen molar-refractivity contribution in [2.75, 3.05) is 12.3 Å². The number of carbonyl (C=O) groups excluding carboxylic acids is 2. The molecular weight excluding hydrogens is 392 g/mol. The van der Waals surface area contributed by atoms with E-state index >= 15 is 0 Å². The summed E-state index contributed by atoms with van der Waals surface area (Å²) in [7, 11) is 0. The van der Waals surface area contributed by atoms with E-state index in [0.29, 0.717) is 18.7 Å². The van der Waals surface area contributed by atoms with Crippen molar-refractivity contribution in [2.24, 2.45) is 0 Å². The van der Waals surface area contributed by atoms with Gasteiger partial charge in [0.2, 0.25) is 11.8 Å². The first-order valence-corrected chi connectivity index (χ1v) is 11.5. The zero-order valence-corrected chi connectivity index (χ0v) is 19.6. The van der Waals surface area contributed by atoms with Gasteiger partial charge in [0.1, 0.15) is 6.04 Å². The minimum Gasteiger partial charge on any atom is -0.350 e. The first-order chi connectivity index (χ1) is 14.2. The Morgan fingerprint density at radius 2 is 1.67 bits per heavy atom. The Morgan fingerprint density at radius 3 is 2.27 bits per heavy atom. The van der Waals surface area contributed by atoms with Crippen LogP contribution in [0.25, 0.3) is 0 Å². The summed E-state index contributed by atoms with van der Waals surface area (Å²) in [6, 6.07) is 17.9. The number of nitrogens with one attached hydrogen (secondary N) is 1. The molecule has 0 saturated carbocycles. The van der Waals surface area contributed by atoms with Gasteiger partial charge in [-0.3, -0.25) is 9.59 Å². The molecule has 0 fully saturated rings. The van der Waals surface area contributed by atoms with Gasteiger partial charge in [0.25, 0.3) is 0 Å². The van der Waals surface area contributed by atoms with Gasteiger partial charge in [-0.2, -0.15) is 0 Å². The number of benzene rings is 2. The van der Waals surface area contributed by atoms with Gasteiger partial charge in [-0.15, -0.1) is 11.8 Å². The maximum atomic E-state index is 13.1. The number of carbonyl (C=O) groups is 2. The zero-order valence-electron chi connectivity index (χ0n) is 18.8. The lowest BCUT2D eigenvalue weighted by atomic mass is 10.1. The van der Waals surface area contributed by atoms with Crippen LogP contribution in [0.3, 0.4) is 0 Å². The van der Waals surface area contributed by atoms with Crippen LogP contribution in [0.2, 0.25) is 0 Å². The fourth-order valence-electron chi connectivity index (χ4n) is 3.08. The first-order valence-electron chi connectivity index (χ1n) is 10.5. The SMILES string of the molecule is Cc1ccc(SCCC(=O)N(CCc2ccccc2)C(C)C(=O)NC(C)(C)C)cc1. The number of rotatable bonds is 9. The third kappa shape index (κ3) is 8.23. The van der Waals surface area contributed by atoms with Crippen LogP contribution < -0.4 is 5.32 Å². The van der Waals surface area contributed by atoms with Crippen molar-refractivity contribution >= 4 is 23.6 Å². The minimum atomic E-state index is -0.509. The van der Waals surface area contributed by atoms with Crippen molar-refractivity contribution < 1.29 is 9.59 Å². The Kier molecular flexibility index (Phi) is 8.97. The highest BCUT2D eigenvalue weighted by Gasteiger charge is 2.27. The van der Waals surface area contributed by atoms with E-state index in [1.54, 1.807) is 16.7 Å². The Hall–Kier alpha value is -2.27. The van der Waals surface area contributed by atoms with Gasteiger partial charge in [-0.05, 0) is 58.7 Å². The molecule has 0 aliphatic rings. The zero-order chi connectivity index (χ0) is 22.1.